The van der Waals surface area contributed by atoms with Crippen LogP contribution in [0.1, 0.15) is 34.0 Å². The van der Waals surface area contributed by atoms with Crippen molar-refractivity contribution >= 4 is 17.4 Å². The molecular formula is C16H15ClO. The fourth-order valence-electron chi connectivity index (χ4n) is 1.80. The lowest BCUT2D eigenvalue weighted by molar-refractivity contribution is 0.103. The summed E-state index contributed by atoms with van der Waals surface area (Å²) in [7, 11) is 0. The van der Waals surface area contributed by atoms with Crippen LogP contribution in [0.15, 0.2) is 48.5 Å². The third-order valence-corrected chi connectivity index (χ3v) is 3.30. The van der Waals surface area contributed by atoms with Gasteiger partial charge in [-0.15, -0.1) is 11.6 Å². The summed E-state index contributed by atoms with van der Waals surface area (Å²) in [6.45, 7) is 2.10. The zero-order valence-corrected chi connectivity index (χ0v) is 11.1. The number of carbonyl (C=O) groups excluding carboxylic acids is 1. The van der Waals surface area contributed by atoms with E-state index < -0.39 is 0 Å². The van der Waals surface area contributed by atoms with E-state index in [1.54, 1.807) is 0 Å². The molecule has 0 saturated carbocycles. The number of hydrogen-bond acceptors (Lipinski definition) is 1. The zero-order valence-electron chi connectivity index (χ0n) is 10.3. The third-order valence-electron chi connectivity index (χ3n) is 2.99. The van der Waals surface area contributed by atoms with Crippen molar-refractivity contribution in [2.75, 3.05) is 0 Å². The summed E-state index contributed by atoms with van der Waals surface area (Å²) in [6.07, 6.45) is 0.985. The van der Waals surface area contributed by atoms with E-state index in [1.807, 2.05) is 48.5 Å². The number of hydrogen-bond donors (Lipinski definition) is 0. The molecule has 2 aromatic carbocycles. The van der Waals surface area contributed by atoms with Gasteiger partial charge >= 0.3 is 0 Å². The molecule has 0 saturated heterocycles. The van der Waals surface area contributed by atoms with Crippen LogP contribution in [0.25, 0.3) is 0 Å². The van der Waals surface area contributed by atoms with Gasteiger partial charge in [-0.25, -0.2) is 0 Å². The largest absolute Gasteiger partial charge is 0.289 e. The van der Waals surface area contributed by atoms with Gasteiger partial charge in [0.05, 0.1) is 0 Å². The van der Waals surface area contributed by atoms with Crippen LogP contribution in [0, 0.1) is 0 Å². The molecule has 0 N–H and O–H groups in total. The molecule has 0 amide bonds. The van der Waals surface area contributed by atoms with Crippen LogP contribution in [0.4, 0.5) is 0 Å². The maximum atomic E-state index is 12.2. The number of alkyl halides is 1. The summed E-state index contributed by atoms with van der Waals surface area (Å²) < 4.78 is 0. The van der Waals surface area contributed by atoms with E-state index in [4.69, 9.17) is 11.6 Å². The van der Waals surface area contributed by atoms with Crippen molar-refractivity contribution in [3.8, 4) is 0 Å². The second-order valence-electron chi connectivity index (χ2n) is 4.21. The van der Waals surface area contributed by atoms with Gasteiger partial charge in [0, 0.05) is 17.0 Å². The van der Waals surface area contributed by atoms with Crippen LogP contribution in [0.2, 0.25) is 0 Å². The molecule has 0 aromatic heterocycles. The Labute approximate surface area is 112 Å². The van der Waals surface area contributed by atoms with Crippen LogP contribution >= 0.6 is 11.6 Å². The standard InChI is InChI=1S/C16H15ClO/c1-2-12-3-7-14(8-4-12)16(18)15-9-5-13(11-17)6-10-15/h3-10H,2,11H2,1H3. The maximum absolute atomic E-state index is 12.2. The molecule has 2 aromatic rings. The topological polar surface area (TPSA) is 17.1 Å². The minimum Gasteiger partial charge on any atom is -0.289 e. The molecule has 1 nitrogen and oxygen atoms in total. The summed E-state index contributed by atoms with van der Waals surface area (Å²) in [5, 5.41) is 0. The van der Waals surface area contributed by atoms with Gasteiger partial charge in [0.25, 0.3) is 0 Å². The highest BCUT2D eigenvalue weighted by Gasteiger charge is 2.08. The van der Waals surface area contributed by atoms with Gasteiger partial charge in [-0.3, -0.25) is 4.79 Å². The van der Waals surface area contributed by atoms with E-state index >= 15 is 0 Å². The highest BCUT2D eigenvalue weighted by molar-refractivity contribution is 6.17. The number of ketones is 1. The monoisotopic (exact) mass is 258 g/mol. The summed E-state index contributed by atoms with van der Waals surface area (Å²) in [5.41, 5.74) is 3.69. The molecule has 0 aliphatic rings. The van der Waals surface area contributed by atoms with Crippen LogP contribution < -0.4 is 0 Å². The molecule has 0 radical (unpaired) electrons. The smallest absolute Gasteiger partial charge is 0.193 e. The lowest BCUT2D eigenvalue weighted by Gasteiger charge is -2.03. The Morgan fingerprint density at radius 2 is 1.33 bits per heavy atom. The van der Waals surface area contributed by atoms with Gasteiger partial charge in [-0.05, 0) is 17.5 Å². The predicted octanol–water partition coefficient (Wildman–Crippen LogP) is 4.22. The Morgan fingerprint density at radius 3 is 1.72 bits per heavy atom. The van der Waals surface area contributed by atoms with Gasteiger partial charge in [-0.2, -0.15) is 0 Å². The molecule has 2 heteroatoms. The molecule has 0 bridgehead atoms. The Kier molecular flexibility index (Phi) is 4.16. The summed E-state index contributed by atoms with van der Waals surface area (Å²) in [5.74, 6) is 0.526. The van der Waals surface area contributed by atoms with Crippen LogP contribution in [0.5, 0.6) is 0 Å². The average Bonchev–Trinajstić information content (AvgIpc) is 2.47. The number of rotatable bonds is 4. The molecule has 2 rings (SSSR count). The maximum Gasteiger partial charge on any atom is 0.193 e. The van der Waals surface area contributed by atoms with E-state index in [-0.39, 0.29) is 5.78 Å². The van der Waals surface area contributed by atoms with Gasteiger partial charge in [0.1, 0.15) is 0 Å². The molecule has 0 unspecified atom stereocenters. The van der Waals surface area contributed by atoms with Crippen molar-refractivity contribution < 1.29 is 4.79 Å². The van der Waals surface area contributed by atoms with Crippen molar-refractivity contribution in [3.63, 3.8) is 0 Å². The van der Waals surface area contributed by atoms with Crippen molar-refractivity contribution in [3.05, 3.63) is 70.8 Å². The number of aryl methyl sites for hydroxylation is 1. The minimum atomic E-state index is 0.0544. The van der Waals surface area contributed by atoms with Gasteiger partial charge in [0.15, 0.2) is 5.78 Å². The zero-order chi connectivity index (χ0) is 13.0. The molecular weight excluding hydrogens is 244 g/mol. The second kappa shape index (κ2) is 5.83. The van der Waals surface area contributed by atoms with Gasteiger partial charge < -0.3 is 0 Å². The average molecular weight is 259 g/mol. The summed E-state index contributed by atoms with van der Waals surface area (Å²) in [4.78, 5) is 12.2. The van der Waals surface area contributed by atoms with Crippen molar-refractivity contribution in [2.24, 2.45) is 0 Å². The van der Waals surface area contributed by atoms with Gasteiger partial charge in [-0.1, -0.05) is 55.5 Å². The Balaban J connectivity index is 2.23. The molecule has 0 spiro atoms. The first-order valence-electron chi connectivity index (χ1n) is 6.03. The van der Waals surface area contributed by atoms with Crippen molar-refractivity contribution in [1.82, 2.24) is 0 Å². The summed E-state index contributed by atoms with van der Waals surface area (Å²) in [6, 6.07) is 15.2. The lowest BCUT2D eigenvalue weighted by atomic mass is 10.0. The molecule has 0 heterocycles. The highest BCUT2D eigenvalue weighted by atomic mass is 35.5. The summed E-state index contributed by atoms with van der Waals surface area (Å²) >= 11 is 5.72. The molecule has 0 fully saturated rings. The first-order valence-corrected chi connectivity index (χ1v) is 6.56. The molecule has 92 valence electrons. The van der Waals surface area contributed by atoms with Crippen molar-refractivity contribution in [1.29, 1.82) is 0 Å². The third kappa shape index (κ3) is 2.80. The number of benzene rings is 2. The predicted molar refractivity (Wildman–Crippen MR) is 75.3 cm³/mol. The fraction of sp³-hybridized carbons (Fsp3) is 0.188. The van der Waals surface area contributed by atoms with Crippen LogP contribution in [-0.4, -0.2) is 5.78 Å². The Morgan fingerprint density at radius 1 is 0.889 bits per heavy atom. The van der Waals surface area contributed by atoms with Crippen LogP contribution in [0.3, 0.4) is 0 Å². The highest BCUT2D eigenvalue weighted by Crippen LogP contribution is 2.13. The minimum absolute atomic E-state index is 0.0544. The Hall–Kier alpha value is -1.60. The first kappa shape index (κ1) is 12.8. The molecule has 18 heavy (non-hydrogen) atoms. The van der Waals surface area contributed by atoms with Crippen molar-refractivity contribution in [2.45, 2.75) is 19.2 Å². The van der Waals surface area contributed by atoms with E-state index in [1.165, 1.54) is 5.56 Å². The molecule has 0 atom stereocenters. The molecule has 0 aliphatic heterocycles. The lowest BCUT2D eigenvalue weighted by Crippen LogP contribution is -2.01. The quantitative estimate of drug-likeness (QED) is 0.593. The fourth-order valence-corrected chi connectivity index (χ4v) is 1.98. The first-order chi connectivity index (χ1) is 8.74. The SMILES string of the molecule is CCc1ccc(C(=O)c2ccc(CCl)cc2)cc1. The van der Waals surface area contributed by atoms with E-state index in [9.17, 15) is 4.79 Å². The molecule has 0 aliphatic carbocycles. The van der Waals surface area contributed by atoms with E-state index in [0.29, 0.717) is 11.4 Å². The second-order valence-corrected chi connectivity index (χ2v) is 4.48. The van der Waals surface area contributed by atoms with Crippen LogP contribution in [-0.2, 0) is 12.3 Å². The van der Waals surface area contributed by atoms with E-state index in [2.05, 4.69) is 6.92 Å². The Bertz CT molecular complexity index is 477. The van der Waals surface area contributed by atoms with E-state index in [0.717, 1.165) is 17.5 Å². The number of halogens is 1. The normalized spacial score (nSPS) is 10.3. The van der Waals surface area contributed by atoms with Gasteiger partial charge in [0.2, 0.25) is 0 Å². The number of carbonyl (C=O) groups is 1.